The molecule has 0 aliphatic heterocycles. The number of benzene rings is 3. The molecular formula is C25H21F2NO4. The van der Waals surface area contributed by atoms with Crippen LogP contribution in [-0.4, -0.2) is 11.1 Å². The zero-order valence-electron chi connectivity index (χ0n) is 17.3. The maximum absolute atomic E-state index is 15.0. The molecule has 0 saturated heterocycles. The van der Waals surface area contributed by atoms with E-state index in [1.807, 2.05) is 13.0 Å². The van der Waals surface area contributed by atoms with E-state index in [-0.39, 0.29) is 25.3 Å². The van der Waals surface area contributed by atoms with Crippen LogP contribution in [0.5, 0.6) is 5.75 Å². The van der Waals surface area contributed by atoms with Crippen LogP contribution in [0.15, 0.2) is 59.2 Å². The fourth-order valence-corrected chi connectivity index (χ4v) is 3.68. The van der Waals surface area contributed by atoms with Gasteiger partial charge in [-0.25, -0.2) is 8.78 Å². The number of carboxylic acids is 1. The maximum atomic E-state index is 15.0. The molecule has 0 saturated carbocycles. The third-order valence-electron chi connectivity index (χ3n) is 5.28. The molecule has 164 valence electrons. The van der Waals surface area contributed by atoms with E-state index in [9.17, 15) is 9.18 Å². The summed E-state index contributed by atoms with van der Waals surface area (Å²) in [4.78, 5) is 11.1. The van der Waals surface area contributed by atoms with Gasteiger partial charge in [-0.05, 0) is 36.2 Å². The first-order chi connectivity index (χ1) is 15.4. The third-order valence-corrected chi connectivity index (χ3v) is 5.28. The van der Waals surface area contributed by atoms with E-state index in [1.165, 1.54) is 12.1 Å². The zero-order valence-corrected chi connectivity index (χ0v) is 17.3. The van der Waals surface area contributed by atoms with Crippen molar-refractivity contribution in [2.75, 3.05) is 0 Å². The lowest BCUT2D eigenvalue weighted by atomic mass is 9.97. The topological polar surface area (TPSA) is 85.7 Å². The Bertz CT molecular complexity index is 1310. The Hall–Kier alpha value is -3.71. The van der Waals surface area contributed by atoms with Crippen molar-refractivity contribution in [1.29, 1.82) is 0 Å². The number of carbonyl (C=O) groups is 1. The number of hydrogen-bond acceptors (Lipinski definition) is 4. The predicted molar refractivity (Wildman–Crippen MR) is 116 cm³/mol. The Morgan fingerprint density at radius 3 is 2.66 bits per heavy atom. The van der Waals surface area contributed by atoms with Gasteiger partial charge in [0.15, 0.2) is 0 Å². The number of halogens is 2. The molecule has 0 spiro atoms. The molecule has 0 bridgehead atoms. The van der Waals surface area contributed by atoms with Crippen LogP contribution >= 0.6 is 0 Å². The first kappa shape index (κ1) is 21.5. The number of aryl methyl sites for hydroxylation is 1. The van der Waals surface area contributed by atoms with Crippen LogP contribution in [0.3, 0.4) is 0 Å². The largest absolute Gasteiger partial charge is 0.488 e. The van der Waals surface area contributed by atoms with Gasteiger partial charge in [0.05, 0.1) is 12.7 Å². The second-order valence-electron chi connectivity index (χ2n) is 7.53. The molecule has 3 aromatic carbocycles. The normalized spacial score (nSPS) is 11.1. The minimum atomic E-state index is -1.05. The summed E-state index contributed by atoms with van der Waals surface area (Å²) < 4.78 is 40.3. The number of fused-ring (bicyclic) bond motifs is 1. The van der Waals surface area contributed by atoms with Crippen molar-refractivity contribution < 1.29 is 27.8 Å². The maximum Gasteiger partial charge on any atom is 0.307 e. The Labute approximate surface area is 183 Å². The standard InChI is InChI=1S/C25H21F2NO4/c1-14-12-32-25-20(14)7-15(8-21(25)19-4-2-3-17(11-28)24(19)27)13-31-22-10-18(26)6-5-16(22)9-23(29)30/h2-8,10,12H,9,11,13,28H2,1H3,(H,29,30). The van der Waals surface area contributed by atoms with Gasteiger partial charge in [-0.3, -0.25) is 4.79 Å². The minimum absolute atomic E-state index is 0.0296. The summed E-state index contributed by atoms with van der Waals surface area (Å²) in [5, 5.41) is 9.89. The fraction of sp³-hybridized carbons (Fsp3) is 0.160. The molecule has 3 N–H and O–H groups in total. The summed E-state index contributed by atoms with van der Waals surface area (Å²) in [6.45, 7) is 1.97. The highest BCUT2D eigenvalue weighted by Gasteiger charge is 2.17. The first-order valence-electron chi connectivity index (χ1n) is 9.99. The van der Waals surface area contributed by atoms with Crippen molar-refractivity contribution >= 4 is 16.9 Å². The van der Waals surface area contributed by atoms with Gasteiger partial charge in [-0.2, -0.15) is 0 Å². The van der Waals surface area contributed by atoms with Crippen molar-refractivity contribution in [3.05, 3.63) is 88.7 Å². The van der Waals surface area contributed by atoms with Gasteiger partial charge in [-0.15, -0.1) is 0 Å². The van der Waals surface area contributed by atoms with Crippen LogP contribution in [-0.2, 0) is 24.4 Å². The molecule has 7 heteroatoms. The summed E-state index contributed by atoms with van der Waals surface area (Å²) >= 11 is 0. The van der Waals surface area contributed by atoms with Crippen LogP contribution in [0.1, 0.15) is 22.3 Å². The number of carboxylic acid groups (broad SMARTS) is 1. The van der Waals surface area contributed by atoms with E-state index in [2.05, 4.69) is 0 Å². The Morgan fingerprint density at radius 1 is 1.09 bits per heavy atom. The summed E-state index contributed by atoms with van der Waals surface area (Å²) in [7, 11) is 0. The van der Waals surface area contributed by atoms with E-state index in [1.54, 1.807) is 30.5 Å². The summed E-state index contributed by atoms with van der Waals surface area (Å²) in [5.41, 5.74) is 9.42. The molecule has 32 heavy (non-hydrogen) atoms. The van der Waals surface area contributed by atoms with Gasteiger partial charge in [-0.1, -0.05) is 24.3 Å². The molecular weight excluding hydrogens is 416 g/mol. The van der Waals surface area contributed by atoms with Crippen LogP contribution in [0.25, 0.3) is 22.1 Å². The van der Waals surface area contributed by atoms with Crippen molar-refractivity contribution in [2.45, 2.75) is 26.5 Å². The molecule has 0 aliphatic carbocycles. The van der Waals surface area contributed by atoms with Crippen LogP contribution in [0, 0.1) is 18.6 Å². The zero-order chi connectivity index (χ0) is 22.8. The average molecular weight is 437 g/mol. The average Bonchev–Trinajstić information content (AvgIpc) is 3.14. The predicted octanol–water partition coefficient (Wildman–Crippen LogP) is 5.35. The fourth-order valence-electron chi connectivity index (χ4n) is 3.68. The third kappa shape index (κ3) is 4.20. The van der Waals surface area contributed by atoms with Crippen molar-refractivity contribution in [2.24, 2.45) is 5.73 Å². The molecule has 0 aliphatic rings. The van der Waals surface area contributed by atoms with Crippen LogP contribution < -0.4 is 10.5 Å². The second-order valence-corrected chi connectivity index (χ2v) is 7.53. The summed E-state index contributed by atoms with van der Waals surface area (Å²) in [6, 6.07) is 12.4. The van der Waals surface area contributed by atoms with Gasteiger partial charge in [0, 0.05) is 40.3 Å². The Morgan fingerprint density at radius 2 is 1.91 bits per heavy atom. The minimum Gasteiger partial charge on any atom is -0.488 e. The Kier molecular flexibility index (Phi) is 5.92. The summed E-state index contributed by atoms with van der Waals surface area (Å²) in [5.74, 6) is -1.85. The number of nitrogens with two attached hydrogens (primary N) is 1. The molecule has 0 radical (unpaired) electrons. The molecule has 1 heterocycles. The highest BCUT2D eigenvalue weighted by molar-refractivity contribution is 5.95. The van der Waals surface area contributed by atoms with E-state index < -0.39 is 17.6 Å². The quantitative estimate of drug-likeness (QED) is 0.407. The van der Waals surface area contributed by atoms with Gasteiger partial charge < -0.3 is 20.0 Å². The van der Waals surface area contributed by atoms with Gasteiger partial charge in [0.25, 0.3) is 0 Å². The number of ether oxygens (including phenoxy) is 1. The van der Waals surface area contributed by atoms with Gasteiger partial charge >= 0.3 is 5.97 Å². The summed E-state index contributed by atoms with van der Waals surface area (Å²) in [6.07, 6.45) is 1.30. The molecule has 0 amide bonds. The smallest absolute Gasteiger partial charge is 0.307 e. The highest BCUT2D eigenvalue weighted by Crippen LogP contribution is 2.35. The number of aliphatic carboxylic acids is 1. The number of furan rings is 1. The van der Waals surface area contributed by atoms with Gasteiger partial charge in [0.2, 0.25) is 0 Å². The lowest BCUT2D eigenvalue weighted by Crippen LogP contribution is -2.05. The number of hydrogen-bond donors (Lipinski definition) is 2. The first-order valence-corrected chi connectivity index (χ1v) is 9.99. The second kappa shape index (κ2) is 8.80. The van der Waals surface area contributed by atoms with E-state index in [0.29, 0.717) is 33.4 Å². The molecule has 0 unspecified atom stereocenters. The van der Waals surface area contributed by atoms with Crippen molar-refractivity contribution in [3.8, 4) is 16.9 Å². The van der Waals surface area contributed by atoms with Gasteiger partial charge in [0.1, 0.15) is 29.6 Å². The highest BCUT2D eigenvalue weighted by atomic mass is 19.1. The lowest BCUT2D eigenvalue weighted by Gasteiger charge is -2.13. The van der Waals surface area contributed by atoms with E-state index in [0.717, 1.165) is 17.0 Å². The van der Waals surface area contributed by atoms with Crippen LogP contribution in [0.4, 0.5) is 8.78 Å². The molecule has 5 nitrogen and oxygen atoms in total. The van der Waals surface area contributed by atoms with Crippen LogP contribution in [0.2, 0.25) is 0 Å². The molecule has 1 aromatic heterocycles. The van der Waals surface area contributed by atoms with E-state index in [4.69, 9.17) is 20.0 Å². The lowest BCUT2D eigenvalue weighted by molar-refractivity contribution is -0.136. The molecule has 4 aromatic rings. The van der Waals surface area contributed by atoms with E-state index >= 15 is 4.39 Å². The Balaban J connectivity index is 1.75. The molecule has 0 fully saturated rings. The van der Waals surface area contributed by atoms with Crippen molar-refractivity contribution in [3.63, 3.8) is 0 Å². The SMILES string of the molecule is Cc1coc2c(-c3cccc(CN)c3F)cc(COc3cc(F)ccc3CC(=O)O)cc12. The molecule has 4 rings (SSSR count). The monoisotopic (exact) mass is 437 g/mol. The van der Waals surface area contributed by atoms with Crippen molar-refractivity contribution in [1.82, 2.24) is 0 Å². The molecule has 0 atom stereocenters. The number of rotatable bonds is 7.